The van der Waals surface area contributed by atoms with E-state index < -0.39 is 0 Å². The molecule has 2 rings (SSSR count). The number of para-hydroxylation sites is 1. The van der Waals surface area contributed by atoms with Crippen LogP contribution in [0.1, 0.15) is 12.8 Å². The van der Waals surface area contributed by atoms with Gasteiger partial charge in [0.05, 0.1) is 0 Å². The van der Waals surface area contributed by atoms with Crippen LogP contribution >= 0.6 is 11.8 Å². The maximum absolute atomic E-state index is 11.7. The van der Waals surface area contributed by atoms with Crippen molar-refractivity contribution in [1.82, 2.24) is 0 Å². The van der Waals surface area contributed by atoms with Crippen molar-refractivity contribution < 1.29 is 4.79 Å². The molecule has 0 radical (unpaired) electrons. The highest BCUT2D eigenvalue weighted by molar-refractivity contribution is 7.98. The zero-order chi connectivity index (χ0) is 14.9. The number of nitrogens with one attached hydrogen (secondary N) is 2. The Morgan fingerprint density at radius 2 is 1.57 bits per heavy atom. The first-order valence-corrected chi connectivity index (χ1v) is 8.38. The van der Waals surface area contributed by atoms with Crippen LogP contribution in [-0.4, -0.2) is 17.9 Å². The average Bonchev–Trinajstić information content (AvgIpc) is 2.51. The number of rotatable bonds is 7. The van der Waals surface area contributed by atoms with Gasteiger partial charge in [-0.05, 0) is 54.8 Å². The molecule has 0 saturated carbocycles. The lowest BCUT2D eigenvalue weighted by Crippen LogP contribution is -2.11. The second-order valence-electron chi connectivity index (χ2n) is 4.71. The summed E-state index contributed by atoms with van der Waals surface area (Å²) in [7, 11) is 0. The molecule has 0 atom stereocenters. The second kappa shape index (κ2) is 8.37. The summed E-state index contributed by atoms with van der Waals surface area (Å²) in [5, 5.41) is 6.23. The number of carbonyl (C=O) groups excluding carboxylic acids is 1. The molecule has 0 saturated heterocycles. The first kappa shape index (κ1) is 15.4. The molecule has 0 aliphatic rings. The van der Waals surface area contributed by atoms with Gasteiger partial charge in [-0.2, -0.15) is 11.8 Å². The molecule has 0 spiro atoms. The molecule has 2 aromatic rings. The van der Waals surface area contributed by atoms with Gasteiger partial charge in [0.15, 0.2) is 0 Å². The van der Waals surface area contributed by atoms with Crippen LogP contribution in [0.2, 0.25) is 0 Å². The molecule has 110 valence electrons. The van der Waals surface area contributed by atoms with Gasteiger partial charge in [-0.15, -0.1) is 0 Å². The molecule has 1 amide bonds. The molecule has 0 unspecified atom stereocenters. The molecule has 0 aliphatic heterocycles. The number of anilines is 3. The Hall–Kier alpha value is -1.94. The first-order chi connectivity index (χ1) is 10.3. The van der Waals surface area contributed by atoms with E-state index in [0.717, 1.165) is 29.2 Å². The van der Waals surface area contributed by atoms with Crippen LogP contribution in [0.3, 0.4) is 0 Å². The number of benzene rings is 2. The summed E-state index contributed by atoms with van der Waals surface area (Å²) in [6, 6.07) is 17.8. The van der Waals surface area contributed by atoms with Crippen LogP contribution in [0, 0.1) is 0 Å². The molecule has 2 aromatic carbocycles. The van der Waals surface area contributed by atoms with Gasteiger partial charge in [-0.1, -0.05) is 18.2 Å². The van der Waals surface area contributed by atoms with Gasteiger partial charge < -0.3 is 10.6 Å². The van der Waals surface area contributed by atoms with Crippen molar-refractivity contribution in [2.24, 2.45) is 0 Å². The Morgan fingerprint density at radius 3 is 2.24 bits per heavy atom. The number of thioether (sulfide) groups is 1. The molecule has 4 heteroatoms. The van der Waals surface area contributed by atoms with Crippen molar-refractivity contribution in [1.29, 1.82) is 0 Å². The Balaban J connectivity index is 1.85. The highest BCUT2D eigenvalue weighted by Crippen LogP contribution is 2.18. The average molecular weight is 300 g/mol. The van der Waals surface area contributed by atoms with E-state index in [0.29, 0.717) is 6.42 Å². The lowest BCUT2D eigenvalue weighted by molar-refractivity contribution is -0.116. The van der Waals surface area contributed by atoms with Crippen LogP contribution in [0.4, 0.5) is 17.1 Å². The van der Waals surface area contributed by atoms with Gasteiger partial charge in [0.1, 0.15) is 0 Å². The summed E-state index contributed by atoms with van der Waals surface area (Å²) in [6.45, 7) is 0. The second-order valence-corrected chi connectivity index (χ2v) is 5.70. The molecule has 2 N–H and O–H groups in total. The van der Waals surface area contributed by atoms with Crippen molar-refractivity contribution in [2.45, 2.75) is 12.8 Å². The maximum Gasteiger partial charge on any atom is 0.224 e. The van der Waals surface area contributed by atoms with E-state index in [9.17, 15) is 4.79 Å². The molecule has 3 nitrogen and oxygen atoms in total. The van der Waals surface area contributed by atoms with Gasteiger partial charge in [0.2, 0.25) is 5.91 Å². The molecule has 0 bridgehead atoms. The fourth-order valence-corrected chi connectivity index (χ4v) is 2.36. The fourth-order valence-electron chi connectivity index (χ4n) is 1.93. The maximum atomic E-state index is 11.7. The van der Waals surface area contributed by atoms with Crippen molar-refractivity contribution in [3.63, 3.8) is 0 Å². The molecular weight excluding hydrogens is 280 g/mol. The molecule has 0 aromatic heterocycles. The topological polar surface area (TPSA) is 41.1 Å². The zero-order valence-corrected chi connectivity index (χ0v) is 13.0. The quantitative estimate of drug-likeness (QED) is 0.739. The fraction of sp³-hybridized carbons (Fsp3) is 0.235. The van der Waals surface area contributed by atoms with E-state index in [1.165, 1.54) is 0 Å². The third kappa shape index (κ3) is 5.52. The number of hydrogen-bond acceptors (Lipinski definition) is 3. The minimum absolute atomic E-state index is 0.0767. The summed E-state index contributed by atoms with van der Waals surface area (Å²) >= 11 is 1.76. The van der Waals surface area contributed by atoms with Crippen LogP contribution in [0.15, 0.2) is 54.6 Å². The Labute approximate surface area is 130 Å². The minimum Gasteiger partial charge on any atom is -0.356 e. The van der Waals surface area contributed by atoms with Gasteiger partial charge in [-0.3, -0.25) is 4.79 Å². The summed E-state index contributed by atoms with van der Waals surface area (Å²) in [5.41, 5.74) is 2.88. The van der Waals surface area contributed by atoms with E-state index in [-0.39, 0.29) is 5.91 Å². The molecule has 0 aliphatic carbocycles. The molecular formula is C17H20N2OS. The third-order valence-electron chi connectivity index (χ3n) is 2.98. The smallest absolute Gasteiger partial charge is 0.224 e. The zero-order valence-electron chi connectivity index (χ0n) is 12.1. The third-order valence-corrected chi connectivity index (χ3v) is 3.68. The van der Waals surface area contributed by atoms with Crippen LogP contribution in [0.5, 0.6) is 0 Å². The van der Waals surface area contributed by atoms with Gasteiger partial charge in [0.25, 0.3) is 0 Å². The van der Waals surface area contributed by atoms with Gasteiger partial charge in [-0.25, -0.2) is 0 Å². The van der Waals surface area contributed by atoms with Crippen molar-refractivity contribution in [3.05, 3.63) is 54.6 Å². The molecule has 21 heavy (non-hydrogen) atoms. The van der Waals surface area contributed by atoms with E-state index in [1.807, 2.05) is 54.6 Å². The minimum atomic E-state index is 0.0767. The lowest BCUT2D eigenvalue weighted by Gasteiger charge is -2.08. The Bertz CT molecular complexity index is 555. The number of hydrogen-bond donors (Lipinski definition) is 2. The van der Waals surface area contributed by atoms with Gasteiger partial charge >= 0.3 is 0 Å². The Morgan fingerprint density at radius 1 is 0.952 bits per heavy atom. The summed E-state index contributed by atoms with van der Waals surface area (Å²) in [4.78, 5) is 11.7. The van der Waals surface area contributed by atoms with E-state index >= 15 is 0 Å². The summed E-state index contributed by atoms with van der Waals surface area (Å²) in [5.74, 6) is 1.10. The largest absolute Gasteiger partial charge is 0.356 e. The van der Waals surface area contributed by atoms with Crippen molar-refractivity contribution in [2.75, 3.05) is 22.6 Å². The van der Waals surface area contributed by atoms with E-state index in [2.05, 4.69) is 16.9 Å². The van der Waals surface area contributed by atoms with Gasteiger partial charge in [0, 0.05) is 23.5 Å². The van der Waals surface area contributed by atoms with Crippen molar-refractivity contribution >= 4 is 34.7 Å². The predicted octanol–water partition coefficient (Wildman–Crippen LogP) is 4.51. The van der Waals surface area contributed by atoms with Crippen LogP contribution in [0.25, 0.3) is 0 Å². The number of carbonyl (C=O) groups is 1. The van der Waals surface area contributed by atoms with E-state index in [1.54, 1.807) is 11.8 Å². The highest BCUT2D eigenvalue weighted by Gasteiger charge is 2.02. The lowest BCUT2D eigenvalue weighted by atomic mass is 10.2. The van der Waals surface area contributed by atoms with Crippen molar-refractivity contribution in [3.8, 4) is 0 Å². The molecule has 0 heterocycles. The summed E-state index contributed by atoms with van der Waals surface area (Å²) in [6.07, 6.45) is 3.54. The normalized spacial score (nSPS) is 10.1. The monoisotopic (exact) mass is 300 g/mol. The summed E-state index contributed by atoms with van der Waals surface area (Å²) < 4.78 is 0. The standard InChI is InChI=1S/C17H20N2OS/c1-21-13-5-8-17(20)19-16-11-9-15(10-12-16)18-14-6-3-2-4-7-14/h2-4,6-7,9-12,18H,5,8,13H2,1H3,(H,19,20). The van der Waals surface area contributed by atoms with E-state index in [4.69, 9.17) is 0 Å². The Kier molecular flexibility index (Phi) is 6.16. The SMILES string of the molecule is CSCCCC(=O)Nc1ccc(Nc2ccccc2)cc1. The van der Waals surface area contributed by atoms with Crippen LogP contribution in [-0.2, 0) is 4.79 Å². The predicted molar refractivity (Wildman–Crippen MR) is 92.4 cm³/mol. The first-order valence-electron chi connectivity index (χ1n) is 6.99. The highest BCUT2D eigenvalue weighted by atomic mass is 32.2. The number of amides is 1. The van der Waals surface area contributed by atoms with Crippen LogP contribution < -0.4 is 10.6 Å². The molecule has 0 fully saturated rings.